The molecule has 0 fully saturated rings. The van der Waals surface area contributed by atoms with E-state index >= 15 is 0 Å². The standard InChI is InChI=1S/C13H18N2O5/c1-18-10-6-4-9(5-7-10)15-13(17)12(16)14-8-11(19-2)20-3/h4-7,11H,8H2,1-3H3,(H,14,16)(H,15,17). The lowest BCUT2D eigenvalue weighted by atomic mass is 10.3. The van der Waals surface area contributed by atoms with Crippen LogP contribution in [0.2, 0.25) is 0 Å². The molecule has 0 aliphatic carbocycles. The van der Waals surface area contributed by atoms with E-state index in [4.69, 9.17) is 14.2 Å². The van der Waals surface area contributed by atoms with Crippen molar-refractivity contribution in [3.05, 3.63) is 24.3 Å². The van der Waals surface area contributed by atoms with Crippen LogP contribution in [0, 0.1) is 0 Å². The van der Waals surface area contributed by atoms with Crippen molar-refractivity contribution in [3.8, 4) is 5.75 Å². The topological polar surface area (TPSA) is 85.9 Å². The SMILES string of the molecule is COc1ccc(NC(=O)C(=O)NCC(OC)OC)cc1. The number of carbonyl (C=O) groups excluding carboxylic acids is 2. The van der Waals surface area contributed by atoms with E-state index in [-0.39, 0.29) is 6.54 Å². The highest BCUT2D eigenvalue weighted by molar-refractivity contribution is 6.39. The van der Waals surface area contributed by atoms with Crippen molar-refractivity contribution < 1.29 is 23.8 Å². The van der Waals surface area contributed by atoms with Crippen molar-refractivity contribution >= 4 is 17.5 Å². The summed E-state index contributed by atoms with van der Waals surface area (Å²) in [5.41, 5.74) is 0.501. The van der Waals surface area contributed by atoms with Crippen molar-refractivity contribution in [2.24, 2.45) is 0 Å². The van der Waals surface area contributed by atoms with Gasteiger partial charge in [0, 0.05) is 19.9 Å². The minimum absolute atomic E-state index is 0.0852. The van der Waals surface area contributed by atoms with Crippen LogP contribution >= 0.6 is 0 Å². The summed E-state index contributed by atoms with van der Waals surface area (Å²) in [6.45, 7) is 0.0852. The molecule has 7 nitrogen and oxygen atoms in total. The fourth-order valence-electron chi connectivity index (χ4n) is 1.38. The van der Waals surface area contributed by atoms with E-state index in [0.29, 0.717) is 11.4 Å². The summed E-state index contributed by atoms with van der Waals surface area (Å²) < 4.78 is 14.8. The molecule has 0 saturated carbocycles. The van der Waals surface area contributed by atoms with Gasteiger partial charge in [-0.2, -0.15) is 0 Å². The molecule has 0 saturated heterocycles. The lowest BCUT2D eigenvalue weighted by molar-refractivity contribution is -0.139. The van der Waals surface area contributed by atoms with Gasteiger partial charge in [0.1, 0.15) is 5.75 Å². The fourth-order valence-corrected chi connectivity index (χ4v) is 1.38. The number of rotatable bonds is 6. The van der Waals surface area contributed by atoms with Gasteiger partial charge in [0.2, 0.25) is 0 Å². The van der Waals surface area contributed by atoms with Gasteiger partial charge in [-0.25, -0.2) is 0 Å². The fraction of sp³-hybridized carbons (Fsp3) is 0.385. The maximum absolute atomic E-state index is 11.6. The van der Waals surface area contributed by atoms with Crippen molar-refractivity contribution in [1.82, 2.24) is 5.32 Å². The third-order valence-corrected chi connectivity index (χ3v) is 2.51. The zero-order valence-corrected chi connectivity index (χ0v) is 11.6. The molecule has 0 heterocycles. The quantitative estimate of drug-likeness (QED) is 0.581. The minimum atomic E-state index is -0.764. The van der Waals surface area contributed by atoms with Crippen molar-refractivity contribution in [3.63, 3.8) is 0 Å². The monoisotopic (exact) mass is 282 g/mol. The number of hydrogen-bond acceptors (Lipinski definition) is 5. The first-order chi connectivity index (χ1) is 9.60. The van der Waals surface area contributed by atoms with Gasteiger partial charge in [-0.1, -0.05) is 0 Å². The molecule has 2 amide bonds. The summed E-state index contributed by atoms with van der Waals surface area (Å²) in [7, 11) is 4.43. The average molecular weight is 282 g/mol. The van der Waals surface area contributed by atoms with E-state index in [1.54, 1.807) is 31.4 Å². The molecule has 1 aromatic rings. The summed E-state index contributed by atoms with van der Waals surface area (Å²) in [5, 5.41) is 4.87. The third-order valence-electron chi connectivity index (χ3n) is 2.51. The first kappa shape index (κ1) is 15.9. The van der Waals surface area contributed by atoms with Gasteiger partial charge in [0.15, 0.2) is 6.29 Å². The molecule has 0 bridgehead atoms. The van der Waals surface area contributed by atoms with Gasteiger partial charge in [-0.3, -0.25) is 9.59 Å². The van der Waals surface area contributed by atoms with Crippen LogP contribution in [0.15, 0.2) is 24.3 Å². The van der Waals surface area contributed by atoms with Crippen LogP contribution in [0.1, 0.15) is 0 Å². The van der Waals surface area contributed by atoms with Gasteiger partial charge >= 0.3 is 11.8 Å². The zero-order chi connectivity index (χ0) is 15.0. The number of carbonyl (C=O) groups is 2. The van der Waals surface area contributed by atoms with E-state index in [2.05, 4.69) is 10.6 Å². The Kier molecular flexibility index (Phi) is 6.48. The Bertz CT molecular complexity index is 443. The molecule has 7 heteroatoms. The van der Waals surface area contributed by atoms with Crippen LogP contribution in [0.4, 0.5) is 5.69 Å². The van der Waals surface area contributed by atoms with E-state index in [0.717, 1.165) is 0 Å². The second-order valence-corrected chi connectivity index (χ2v) is 3.79. The van der Waals surface area contributed by atoms with Crippen molar-refractivity contribution in [1.29, 1.82) is 0 Å². The number of nitrogens with one attached hydrogen (secondary N) is 2. The summed E-state index contributed by atoms with van der Waals surface area (Å²) in [6, 6.07) is 6.63. The first-order valence-corrected chi connectivity index (χ1v) is 5.89. The molecule has 1 rings (SSSR count). The summed E-state index contributed by atoms with van der Waals surface area (Å²) in [4.78, 5) is 23.2. The second kappa shape index (κ2) is 8.13. The van der Waals surface area contributed by atoms with Crippen LogP contribution in [-0.4, -0.2) is 46.0 Å². The maximum atomic E-state index is 11.6. The van der Waals surface area contributed by atoms with E-state index in [9.17, 15) is 9.59 Å². The second-order valence-electron chi connectivity index (χ2n) is 3.79. The number of hydrogen-bond donors (Lipinski definition) is 2. The molecule has 110 valence electrons. The Balaban J connectivity index is 2.46. The predicted octanol–water partition coefficient (Wildman–Crippen LogP) is 0.369. The number of methoxy groups -OCH3 is 3. The molecule has 0 aliphatic rings. The maximum Gasteiger partial charge on any atom is 0.313 e. The molecule has 0 unspecified atom stereocenters. The lowest BCUT2D eigenvalue weighted by Gasteiger charge is -2.13. The Hall–Kier alpha value is -2.12. The van der Waals surface area contributed by atoms with Gasteiger partial charge < -0.3 is 24.8 Å². The Morgan fingerprint density at radius 3 is 2.15 bits per heavy atom. The van der Waals surface area contributed by atoms with E-state index in [1.807, 2.05) is 0 Å². The third kappa shape index (κ3) is 4.87. The van der Waals surface area contributed by atoms with Crippen LogP contribution in [0.5, 0.6) is 5.75 Å². The van der Waals surface area contributed by atoms with Gasteiger partial charge in [-0.15, -0.1) is 0 Å². The molecule has 0 spiro atoms. The molecule has 20 heavy (non-hydrogen) atoms. The molecule has 0 aliphatic heterocycles. The highest BCUT2D eigenvalue weighted by Gasteiger charge is 2.15. The van der Waals surface area contributed by atoms with Gasteiger partial charge in [0.05, 0.1) is 13.7 Å². The van der Waals surface area contributed by atoms with Gasteiger partial charge in [-0.05, 0) is 24.3 Å². The Labute approximate surface area is 117 Å². The minimum Gasteiger partial charge on any atom is -0.497 e. The van der Waals surface area contributed by atoms with Crippen LogP contribution in [-0.2, 0) is 19.1 Å². The van der Waals surface area contributed by atoms with Gasteiger partial charge in [0.25, 0.3) is 0 Å². The molecule has 1 aromatic carbocycles. The highest BCUT2D eigenvalue weighted by Crippen LogP contribution is 2.14. The molecule has 0 radical (unpaired) electrons. The molecular formula is C13H18N2O5. The van der Waals surface area contributed by atoms with E-state index in [1.165, 1.54) is 14.2 Å². The first-order valence-electron chi connectivity index (χ1n) is 5.89. The Morgan fingerprint density at radius 1 is 1.05 bits per heavy atom. The number of amides is 2. The predicted molar refractivity (Wildman–Crippen MR) is 72.4 cm³/mol. The van der Waals surface area contributed by atoms with Crippen molar-refractivity contribution in [2.45, 2.75) is 6.29 Å². The molecule has 2 N–H and O–H groups in total. The molecule has 0 aromatic heterocycles. The number of benzene rings is 1. The summed E-state index contributed by atoms with van der Waals surface area (Å²) >= 11 is 0. The average Bonchev–Trinajstić information content (AvgIpc) is 2.48. The number of anilines is 1. The zero-order valence-electron chi connectivity index (χ0n) is 11.6. The largest absolute Gasteiger partial charge is 0.497 e. The normalized spacial score (nSPS) is 10.2. The highest BCUT2D eigenvalue weighted by atomic mass is 16.7. The lowest BCUT2D eigenvalue weighted by Crippen LogP contribution is -2.40. The van der Waals surface area contributed by atoms with Crippen molar-refractivity contribution in [2.75, 3.05) is 33.2 Å². The molecular weight excluding hydrogens is 264 g/mol. The Morgan fingerprint density at radius 2 is 1.65 bits per heavy atom. The smallest absolute Gasteiger partial charge is 0.313 e. The summed E-state index contributed by atoms with van der Waals surface area (Å²) in [5.74, 6) is -0.864. The summed E-state index contributed by atoms with van der Waals surface area (Å²) in [6.07, 6.45) is -0.590. The van der Waals surface area contributed by atoms with Crippen LogP contribution in [0.25, 0.3) is 0 Å². The van der Waals surface area contributed by atoms with Crippen LogP contribution in [0.3, 0.4) is 0 Å². The van der Waals surface area contributed by atoms with Crippen LogP contribution < -0.4 is 15.4 Å². The number of ether oxygens (including phenoxy) is 3. The molecule has 0 atom stereocenters. The van der Waals surface area contributed by atoms with E-state index < -0.39 is 18.1 Å².